The Labute approximate surface area is 162 Å². The average Bonchev–Trinajstić information content (AvgIpc) is 3.31. The van der Waals surface area contributed by atoms with Crippen molar-refractivity contribution in [1.82, 2.24) is 15.5 Å². The molecule has 0 fully saturated rings. The van der Waals surface area contributed by atoms with Crippen LogP contribution in [0.1, 0.15) is 16.1 Å². The molecule has 0 atom stereocenters. The molecule has 10 heteroatoms. The van der Waals surface area contributed by atoms with Gasteiger partial charge >= 0.3 is 0 Å². The second-order valence-corrected chi connectivity index (χ2v) is 7.63. The van der Waals surface area contributed by atoms with Crippen LogP contribution in [-0.4, -0.2) is 28.6 Å². The highest BCUT2D eigenvalue weighted by atomic mass is 35.5. The molecule has 0 spiro atoms. The van der Waals surface area contributed by atoms with Crippen molar-refractivity contribution >= 4 is 51.6 Å². The number of nitrogens with zero attached hydrogens (tertiary/aromatic N) is 2. The molecule has 0 aliphatic carbocycles. The van der Waals surface area contributed by atoms with E-state index in [2.05, 4.69) is 20.8 Å². The van der Waals surface area contributed by atoms with Crippen LogP contribution in [0.25, 0.3) is 0 Å². The van der Waals surface area contributed by atoms with Crippen LogP contribution in [0.2, 0.25) is 5.02 Å². The third-order valence-electron chi connectivity index (χ3n) is 3.08. The summed E-state index contributed by atoms with van der Waals surface area (Å²) in [5.41, 5.74) is 1.11. The van der Waals surface area contributed by atoms with Crippen LogP contribution >= 0.6 is 34.7 Å². The molecule has 2 aromatic heterocycles. The first-order valence-corrected chi connectivity index (χ1v) is 9.60. The Hall–Kier alpha value is -2.36. The van der Waals surface area contributed by atoms with Crippen molar-refractivity contribution in [3.05, 3.63) is 59.0 Å². The summed E-state index contributed by atoms with van der Waals surface area (Å²) in [7, 11) is 0. The van der Waals surface area contributed by atoms with E-state index in [-0.39, 0.29) is 12.3 Å². The topological polar surface area (TPSA) is 97.1 Å². The van der Waals surface area contributed by atoms with Gasteiger partial charge in [-0.2, -0.15) is 0 Å². The predicted molar refractivity (Wildman–Crippen MR) is 101 cm³/mol. The van der Waals surface area contributed by atoms with Crippen LogP contribution in [-0.2, 0) is 10.5 Å². The van der Waals surface area contributed by atoms with Gasteiger partial charge in [0.05, 0.1) is 12.8 Å². The molecule has 2 N–H and O–H groups in total. The van der Waals surface area contributed by atoms with Gasteiger partial charge in [-0.05, 0) is 29.8 Å². The van der Waals surface area contributed by atoms with Crippen molar-refractivity contribution in [3.8, 4) is 0 Å². The first-order valence-electron chi connectivity index (χ1n) is 7.42. The Morgan fingerprint density at radius 1 is 1.19 bits per heavy atom. The number of aromatic nitrogens is 2. The van der Waals surface area contributed by atoms with E-state index in [4.69, 9.17) is 16.0 Å². The van der Waals surface area contributed by atoms with E-state index in [1.807, 2.05) is 24.3 Å². The maximum absolute atomic E-state index is 11.9. The Morgan fingerprint density at radius 2 is 2.00 bits per heavy atom. The first kappa shape index (κ1) is 18.4. The maximum Gasteiger partial charge on any atom is 0.287 e. The molecule has 2 heterocycles. The lowest BCUT2D eigenvalue weighted by Gasteiger charge is -2.02. The van der Waals surface area contributed by atoms with Crippen LogP contribution < -0.4 is 10.6 Å². The predicted octanol–water partition coefficient (Wildman–Crippen LogP) is 3.45. The molecule has 0 aliphatic heterocycles. The van der Waals surface area contributed by atoms with E-state index in [1.165, 1.54) is 35.4 Å². The van der Waals surface area contributed by atoms with Crippen molar-refractivity contribution in [2.75, 3.05) is 11.9 Å². The summed E-state index contributed by atoms with van der Waals surface area (Å²) in [5, 5.41) is 14.1. The molecule has 0 saturated carbocycles. The van der Waals surface area contributed by atoms with Crippen LogP contribution in [0.4, 0.5) is 5.13 Å². The summed E-state index contributed by atoms with van der Waals surface area (Å²) >= 11 is 8.64. The van der Waals surface area contributed by atoms with E-state index in [0.717, 1.165) is 15.7 Å². The quantitative estimate of drug-likeness (QED) is 0.459. The monoisotopic (exact) mass is 408 g/mol. The molecule has 3 rings (SSSR count). The number of amides is 2. The molecule has 0 bridgehead atoms. The summed E-state index contributed by atoms with van der Waals surface area (Å²) < 4.78 is 5.68. The fourth-order valence-corrected chi connectivity index (χ4v) is 3.71. The number of rotatable bonds is 7. The van der Waals surface area contributed by atoms with E-state index < -0.39 is 11.8 Å². The largest absolute Gasteiger partial charge is 0.459 e. The van der Waals surface area contributed by atoms with E-state index in [9.17, 15) is 9.59 Å². The van der Waals surface area contributed by atoms with Crippen LogP contribution in [0.5, 0.6) is 0 Å². The summed E-state index contributed by atoms with van der Waals surface area (Å²) in [6.45, 7) is -0.188. The number of halogens is 1. The van der Waals surface area contributed by atoms with Gasteiger partial charge < -0.3 is 9.73 Å². The second-order valence-electron chi connectivity index (χ2n) is 5.00. The molecular formula is C16H13ClN4O3S2. The number of carbonyl (C=O) groups excluding carboxylic acids is 2. The third-order valence-corrected chi connectivity index (χ3v) is 5.38. The summed E-state index contributed by atoms with van der Waals surface area (Å²) in [4.78, 5) is 23.6. The van der Waals surface area contributed by atoms with E-state index in [0.29, 0.717) is 10.2 Å². The van der Waals surface area contributed by atoms with Gasteiger partial charge in [0.2, 0.25) is 11.0 Å². The van der Waals surface area contributed by atoms with Gasteiger partial charge in [-0.15, -0.1) is 10.2 Å². The van der Waals surface area contributed by atoms with Gasteiger partial charge in [0.15, 0.2) is 10.1 Å². The lowest BCUT2D eigenvalue weighted by molar-refractivity contribution is -0.115. The molecular weight excluding hydrogens is 396 g/mol. The van der Waals surface area contributed by atoms with Crippen LogP contribution in [0.15, 0.2) is 51.4 Å². The number of hydrogen-bond acceptors (Lipinski definition) is 7. The Bertz CT molecular complexity index is 881. The van der Waals surface area contributed by atoms with Gasteiger partial charge in [-0.1, -0.05) is 46.8 Å². The smallest absolute Gasteiger partial charge is 0.287 e. The fraction of sp³-hybridized carbons (Fsp3) is 0.125. The Kier molecular flexibility index (Phi) is 6.26. The second kappa shape index (κ2) is 8.84. The van der Waals surface area contributed by atoms with Gasteiger partial charge in [-0.3, -0.25) is 14.9 Å². The lowest BCUT2D eigenvalue weighted by atomic mass is 10.2. The molecule has 0 saturated heterocycles. The van der Waals surface area contributed by atoms with Gasteiger partial charge in [-0.25, -0.2) is 0 Å². The Morgan fingerprint density at radius 3 is 2.73 bits per heavy atom. The zero-order chi connectivity index (χ0) is 18.4. The molecule has 0 radical (unpaired) electrons. The molecule has 0 unspecified atom stereocenters. The highest BCUT2D eigenvalue weighted by Gasteiger charge is 2.12. The van der Waals surface area contributed by atoms with Crippen molar-refractivity contribution < 1.29 is 14.0 Å². The molecule has 134 valence electrons. The standard InChI is InChI=1S/C16H13ClN4O3S2/c17-11-5-3-10(4-6-11)9-25-16-21-20-15(26-16)19-13(22)8-18-14(23)12-2-1-7-24-12/h1-7H,8-9H2,(H,18,23)(H,19,20,22). The van der Waals surface area contributed by atoms with Gasteiger partial charge in [0, 0.05) is 10.8 Å². The number of furan rings is 1. The van der Waals surface area contributed by atoms with E-state index in [1.54, 1.807) is 6.07 Å². The number of thioether (sulfide) groups is 1. The normalized spacial score (nSPS) is 10.5. The number of benzene rings is 1. The third kappa shape index (κ3) is 5.32. The lowest BCUT2D eigenvalue weighted by Crippen LogP contribution is -2.32. The molecule has 26 heavy (non-hydrogen) atoms. The van der Waals surface area contributed by atoms with Crippen molar-refractivity contribution in [2.45, 2.75) is 10.1 Å². The minimum Gasteiger partial charge on any atom is -0.459 e. The number of carbonyl (C=O) groups is 2. The molecule has 3 aromatic rings. The molecule has 1 aromatic carbocycles. The fourth-order valence-electron chi connectivity index (χ4n) is 1.86. The highest BCUT2D eigenvalue weighted by molar-refractivity contribution is 8.00. The Balaban J connectivity index is 1.44. The summed E-state index contributed by atoms with van der Waals surface area (Å²) in [5.74, 6) is 0.0189. The van der Waals surface area contributed by atoms with Gasteiger partial charge in [0.1, 0.15) is 0 Å². The summed E-state index contributed by atoms with van der Waals surface area (Å²) in [6, 6.07) is 10.7. The number of anilines is 1. The summed E-state index contributed by atoms with van der Waals surface area (Å²) in [6.07, 6.45) is 1.39. The van der Waals surface area contributed by atoms with Crippen LogP contribution in [0.3, 0.4) is 0 Å². The molecule has 0 aliphatic rings. The van der Waals surface area contributed by atoms with Crippen LogP contribution in [0, 0.1) is 0 Å². The van der Waals surface area contributed by atoms with Crippen molar-refractivity contribution in [1.29, 1.82) is 0 Å². The highest BCUT2D eigenvalue weighted by Crippen LogP contribution is 2.28. The van der Waals surface area contributed by atoms with Crippen molar-refractivity contribution in [3.63, 3.8) is 0 Å². The minimum atomic E-state index is -0.457. The SMILES string of the molecule is O=C(CNC(=O)c1ccco1)Nc1nnc(SCc2ccc(Cl)cc2)s1. The minimum absolute atomic E-state index is 0.148. The maximum atomic E-state index is 11.9. The van der Waals surface area contributed by atoms with Gasteiger partial charge in [0.25, 0.3) is 5.91 Å². The number of hydrogen-bond donors (Lipinski definition) is 2. The number of nitrogens with one attached hydrogen (secondary N) is 2. The van der Waals surface area contributed by atoms with Crippen molar-refractivity contribution in [2.24, 2.45) is 0 Å². The average molecular weight is 409 g/mol. The zero-order valence-corrected chi connectivity index (χ0v) is 15.7. The molecule has 2 amide bonds. The zero-order valence-electron chi connectivity index (χ0n) is 13.3. The molecule has 7 nitrogen and oxygen atoms in total. The van der Waals surface area contributed by atoms with E-state index >= 15 is 0 Å². The first-order chi connectivity index (χ1) is 12.6.